The Hall–Kier alpha value is -3.82. The Labute approximate surface area is 187 Å². The quantitative estimate of drug-likeness (QED) is 0.415. The second-order valence-corrected chi connectivity index (χ2v) is 8.29. The van der Waals surface area contributed by atoms with Gasteiger partial charge in [0, 0.05) is 40.8 Å². The summed E-state index contributed by atoms with van der Waals surface area (Å²) in [4.78, 5) is 23.9. The van der Waals surface area contributed by atoms with Crippen LogP contribution in [0.4, 0.5) is 14.6 Å². The zero-order valence-corrected chi connectivity index (χ0v) is 17.9. The molecule has 1 aromatic carbocycles. The van der Waals surface area contributed by atoms with E-state index in [1.165, 1.54) is 24.4 Å². The van der Waals surface area contributed by atoms with Crippen molar-refractivity contribution >= 4 is 22.6 Å². The molecule has 5 rings (SSSR count). The zero-order chi connectivity index (χ0) is 22.9. The van der Waals surface area contributed by atoms with E-state index in [1.807, 2.05) is 6.92 Å². The number of benzene rings is 1. The Kier molecular flexibility index (Phi) is 5.49. The van der Waals surface area contributed by atoms with Crippen LogP contribution >= 0.6 is 0 Å². The van der Waals surface area contributed by atoms with Crippen LogP contribution in [0.15, 0.2) is 41.3 Å². The van der Waals surface area contributed by atoms with Gasteiger partial charge in [0.25, 0.3) is 5.91 Å². The number of H-pyrrole nitrogens is 1. The number of aromatic nitrogens is 4. The molecular weight excluding hydrogens is 430 g/mol. The van der Waals surface area contributed by atoms with E-state index in [-0.39, 0.29) is 35.4 Å². The Balaban J connectivity index is 1.34. The molecule has 3 N–H and O–H groups in total. The summed E-state index contributed by atoms with van der Waals surface area (Å²) < 4.78 is 33.4. The Morgan fingerprint density at radius 2 is 2.09 bits per heavy atom. The standard InChI is InChI=1S/C23H22F2N6O2/c1-12-7-13(24)8-16-17(10-26-20(12)16)21-27-11-18(25)22(31-21)29-14-3-2-4-15(9-14)30-23(32)19-5-6-28-33-19/h5-8,10-11,14-15,26H,2-4,9H2,1H3,(H,30,32)(H,27,29,31)/t14-,15+/m0/s1. The van der Waals surface area contributed by atoms with Gasteiger partial charge in [-0.2, -0.15) is 0 Å². The zero-order valence-electron chi connectivity index (χ0n) is 17.9. The molecule has 170 valence electrons. The highest BCUT2D eigenvalue weighted by Gasteiger charge is 2.26. The molecule has 1 aliphatic rings. The average molecular weight is 452 g/mol. The van der Waals surface area contributed by atoms with Crippen molar-refractivity contribution in [1.29, 1.82) is 0 Å². The van der Waals surface area contributed by atoms with E-state index in [0.717, 1.165) is 36.5 Å². The van der Waals surface area contributed by atoms with E-state index in [2.05, 4.69) is 30.7 Å². The minimum atomic E-state index is -0.575. The summed E-state index contributed by atoms with van der Waals surface area (Å²) in [5.74, 6) is -0.732. The lowest BCUT2D eigenvalue weighted by Crippen LogP contribution is -2.41. The minimum absolute atomic E-state index is 0.0784. The third kappa shape index (κ3) is 4.28. The monoisotopic (exact) mass is 452 g/mol. The van der Waals surface area contributed by atoms with Gasteiger partial charge >= 0.3 is 0 Å². The first-order valence-corrected chi connectivity index (χ1v) is 10.8. The number of rotatable bonds is 5. The molecule has 0 aliphatic heterocycles. The second kappa shape index (κ2) is 8.61. The number of fused-ring (bicyclic) bond motifs is 1. The lowest BCUT2D eigenvalue weighted by molar-refractivity contribution is 0.0889. The molecule has 3 aromatic heterocycles. The number of carbonyl (C=O) groups excluding carboxylic acids is 1. The fourth-order valence-corrected chi connectivity index (χ4v) is 4.39. The topological polar surface area (TPSA) is 109 Å². The van der Waals surface area contributed by atoms with Crippen LogP contribution in [0.2, 0.25) is 0 Å². The van der Waals surface area contributed by atoms with Gasteiger partial charge in [0.05, 0.1) is 12.4 Å². The number of aryl methyl sites for hydroxylation is 1. The fourth-order valence-electron chi connectivity index (χ4n) is 4.39. The first-order chi connectivity index (χ1) is 16.0. The molecule has 0 radical (unpaired) electrons. The van der Waals surface area contributed by atoms with Crippen LogP contribution in [0.25, 0.3) is 22.3 Å². The van der Waals surface area contributed by atoms with Crippen LogP contribution < -0.4 is 10.6 Å². The Morgan fingerprint density at radius 1 is 1.24 bits per heavy atom. The molecule has 0 spiro atoms. The Bertz CT molecular complexity index is 1300. The van der Waals surface area contributed by atoms with Crippen LogP contribution in [-0.2, 0) is 0 Å². The number of aromatic amines is 1. The van der Waals surface area contributed by atoms with Crippen molar-refractivity contribution in [2.24, 2.45) is 0 Å². The van der Waals surface area contributed by atoms with Gasteiger partial charge in [0.1, 0.15) is 5.82 Å². The smallest absolute Gasteiger partial charge is 0.290 e. The summed E-state index contributed by atoms with van der Waals surface area (Å²) in [6.45, 7) is 1.81. The van der Waals surface area contributed by atoms with E-state index in [4.69, 9.17) is 4.52 Å². The fraction of sp³-hybridized carbons (Fsp3) is 0.304. The summed E-state index contributed by atoms with van der Waals surface area (Å²) in [6.07, 6.45) is 7.32. The lowest BCUT2D eigenvalue weighted by atomic mass is 9.91. The van der Waals surface area contributed by atoms with E-state index in [1.54, 1.807) is 6.20 Å². The molecule has 1 fully saturated rings. The highest BCUT2D eigenvalue weighted by Crippen LogP contribution is 2.30. The van der Waals surface area contributed by atoms with Gasteiger partial charge in [-0.3, -0.25) is 4.79 Å². The molecule has 33 heavy (non-hydrogen) atoms. The normalized spacial score (nSPS) is 18.4. The highest BCUT2D eigenvalue weighted by atomic mass is 19.1. The van der Waals surface area contributed by atoms with Gasteiger partial charge < -0.3 is 20.1 Å². The first-order valence-electron chi connectivity index (χ1n) is 10.8. The van der Waals surface area contributed by atoms with Crippen molar-refractivity contribution in [2.75, 3.05) is 5.32 Å². The first kappa shape index (κ1) is 21.0. The third-order valence-corrected chi connectivity index (χ3v) is 5.95. The molecule has 0 saturated heterocycles. The largest absolute Gasteiger partial charge is 0.365 e. The van der Waals surface area contributed by atoms with Gasteiger partial charge in [-0.05, 0) is 50.3 Å². The van der Waals surface area contributed by atoms with E-state index < -0.39 is 5.82 Å². The maximum atomic E-state index is 14.6. The van der Waals surface area contributed by atoms with Gasteiger partial charge in [0.15, 0.2) is 17.5 Å². The van der Waals surface area contributed by atoms with Crippen LogP contribution in [0.3, 0.4) is 0 Å². The second-order valence-electron chi connectivity index (χ2n) is 8.29. The number of nitrogens with one attached hydrogen (secondary N) is 3. The van der Waals surface area contributed by atoms with Gasteiger partial charge in [-0.25, -0.2) is 18.7 Å². The molecule has 1 amide bonds. The number of hydrogen-bond acceptors (Lipinski definition) is 6. The molecule has 8 nitrogen and oxygen atoms in total. The minimum Gasteiger partial charge on any atom is -0.365 e. The summed E-state index contributed by atoms with van der Waals surface area (Å²) >= 11 is 0. The van der Waals surface area contributed by atoms with Crippen molar-refractivity contribution in [1.82, 2.24) is 25.4 Å². The number of nitrogens with zero attached hydrogens (tertiary/aromatic N) is 3. The van der Waals surface area contributed by atoms with Gasteiger partial charge in [-0.1, -0.05) is 5.16 Å². The average Bonchev–Trinajstić information content (AvgIpc) is 3.46. The number of hydrogen-bond donors (Lipinski definition) is 3. The maximum absolute atomic E-state index is 14.6. The number of anilines is 1. The van der Waals surface area contributed by atoms with Crippen LogP contribution in [0, 0.1) is 18.6 Å². The molecule has 0 unspecified atom stereocenters. The highest BCUT2D eigenvalue weighted by molar-refractivity contribution is 5.95. The molecule has 4 aromatic rings. The number of carbonyl (C=O) groups is 1. The molecule has 1 saturated carbocycles. The molecule has 2 atom stereocenters. The van der Waals surface area contributed by atoms with E-state index in [0.29, 0.717) is 23.2 Å². The van der Waals surface area contributed by atoms with Crippen molar-refractivity contribution in [3.8, 4) is 11.4 Å². The summed E-state index contributed by atoms with van der Waals surface area (Å²) in [7, 11) is 0. The summed E-state index contributed by atoms with van der Waals surface area (Å²) in [5.41, 5.74) is 2.14. The van der Waals surface area contributed by atoms with Crippen molar-refractivity contribution < 1.29 is 18.1 Å². The number of amides is 1. The van der Waals surface area contributed by atoms with Crippen molar-refractivity contribution in [3.05, 3.63) is 59.7 Å². The Morgan fingerprint density at radius 3 is 2.91 bits per heavy atom. The van der Waals surface area contributed by atoms with Crippen molar-refractivity contribution in [3.63, 3.8) is 0 Å². The molecule has 10 heteroatoms. The molecule has 1 aliphatic carbocycles. The maximum Gasteiger partial charge on any atom is 0.290 e. The molecular formula is C23H22F2N6O2. The lowest BCUT2D eigenvalue weighted by Gasteiger charge is -2.30. The van der Waals surface area contributed by atoms with Crippen molar-refractivity contribution in [2.45, 2.75) is 44.7 Å². The summed E-state index contributed by atoms with van der Waals surface area (Å²) in [6, 6.07) is 4.19. The third-order valence-electron chi connectivity index (χ3n) is 5.95. The van der Waals surface area contributed by atoms with Crippen LogP contribution in [-0.4, -0.2) is 38.1 Å². The van der Waals surface area contributed by atoms with Crippen LogP contribution in [0.1, 0.15) is 41.8 Å². The van der Waals surface area contributed by atoms with Crippen LogP contribution in [0.5, 0.6) is 0 Å². The predicted octanol–water partition coefficient (Wildman–Crippen LogP) is 4.35. The van der Waals surface area contributed by atoms with Gasteiger partial charge in [-0.15, -0.1) is 0 Å². The predicted molar refractivity (Wildman–Crippen MR) is 118 cm³/mol. The van der Waals surface area contributed by atoms with Gasteiger partial charge in [0.2, 0.25) is 5.76 Å². The number of halogens is 2. The SMILES string of the molecule is Cc1cc(F)cc2c(-c3ncc(F)c(N[C@H]4CCC[C@@H](NC(=O)c5ccno5)C4)n3)c[nH]c12. The molecule has 3 heterocycles. The molecule has 0 bridgehead atoms. The summed E-state index contributed by atoms with van der Waals surface area (Å²) in [5, 5.41) is 10.3. The van der Waals surface area contributed by atoms with E-state index >= 15 is 0 Å². The van der Waals surface area contributed by atoms with E-state index in [9.17, 15) is 13.6 Å².